The van der Waals surface area contributed by atoms with Crippen molar-refractivity contribution in [3.63, 3.8) is 0 Å². The molecule has 4 rings (SSSR count). The summed E-state index contributed by atoms with van der Waals surface area (Å²) in [6.07, 6.45) is -4.47. The highest BCUT2D eigenvalue weighted by atomic mass is 19.4. The fourth-order valence-corrected chi connectivity index (χ4v) is 3.72. The molecule has 0 saturated carbocycles. The second-order valence-electron chi connectivity index (χ2n) is 7.58. The number of benzene rings is 2. The van der Waals surface area contributed by atoms with Gasteiger partial charge in [-0.1, -0.05) is 6.07 Å². The van der Waals surface area contributed by atoms with E-state index in [-0.39, 0.29) is 36.1 Å². The van der Waals surface area contributed by atoms with Crippen LogP contribution >= 0.6 is 0 Å². The number of halogens is 3. The minimum absolute atomic E-state index is 0.00500. The third-order valence-corrected chi connectivity index (χ3v) is 5.43. The molecule has 170 valence electrons. The van der Waals surface area contributed by atoms with E-state index in [4.69, 9.17) is 0 Å². The third kappa shape index (κ3) is 4.21. The molecule has 11 heteroatoms. The Morgan fingerprint density at radius 1 is 1.00 bits per heavy atom. The Balaban J connectivity index is 1.45. The quantitative estimate of drug-likeness (QED) is 0.680. The molecule has 0 bridgehead atoms. The number of nitrogens with one attached hydrogen (secondary N) is 2. The van der Waals surface area contributed by atoms with Crippen LogP contribution in [-0.4, -0.2) is 40.5 Å². The molecule has 8 nitrogen and oxygen atoms in total. The number of hydrogen-bond acceptors (Lipinski definition) is 5. The smallest absolute Gasteiger partial charge is 0.348 e. The van der Waals surface area contributed by atoms with Gasteiger partial charge in [-0.3, -0.25) is 34.2 Å². The van der Waals surface area contributed by atoms with Crippen LogP contribution in [0.5, 0.6) is 0 Å². The Hall–Kier alpha value is -4.02. The zero-order chi connectivity index (χ0) is 23.9. The molecule has 1 fully saturated rings. The van der Waals surface area contributed by atoms with Crippen molar-refractivity contribution < 1.29 is 37.1 Å². The number of piperidine rings is 1. The molecule has 33 heavy (non-hydrogen) atoms. The van der Waals surface area contributed by atoms with E-state index in [1.165, 1.54) is 18.2 Å². The van der Waals surface area contributed by atoms with Crippen molar-refractivity contribution in [2.24, 2.45) is 0 Å². The molecule has 1 unspecified atom stereocenters. The Morgan fingerprint density at radius 3 is 2.30 bits per heavy atom. The number of rotatable bonds is 4. The van der Waals surface area contributed by atoms with Crippen molar-refractivity contribution in [2.75, 3.05) is 0 Å². The van der Waals surface area contributed by atoms with Gasteiger partial charge in [0.15, 0.2) is 0 Å². The maximum atomic E-state index is 12.8. The number of alkyl halides is 3. The summed E-state index contributed by atoms with van der Waals surface area (Å²) in [5.74, 6) is -3.13. The van der Waals surface area contributed by atoms with Crippen molar-refractivity contribution in [1.29, 1.82) is 0 Å². The van der Waals surface area contributed by atoms with Crippen LogP contribution in [0.15, 0.2) is 42.5 Å². The second kappa shape index (κ2) is 8.15. The standard InChI is InChI=1S/C22H16F3N3O5/c23-22(24,25)13-4-2-12(3-5-13)18(30)26-10-11-1-6-14-15(9-11)21(33)28(20(14)32)16-7-8-17(29)27-19(16)31/h1-6,9,16H,7-8,10H2,(H,26,30)(H,27,29,31). The van der Waals surface area contributed by atoms with Crippen molar-refractivity contribution in [1.82, 2.24) is 15.5 Å². The highest BCUT2D eigenvalue weighted by molar-refractivity contribution is 6.23. The summed E-state index contributed by atoms with van der Waals surface area (Å²) in [4.78, 5) is 62.0. The van der Waals surface area contributed by atoms with E-state index < -0.39 is 47.3 Å². The second-order valence-corrected chi connectivity index (χ2v) is 7.58. The van der Waals surface area contributed by atoms with Crippen LogP contribution in [-0.2, 0) is 22.3 Å². The molecule has 0 aliphatic carbocycles. The molecule has 0 aromatic heterocycles. The van der Waals surface area contributed by atoms with Gasteiger partial charge in [-0.05, 0) is 48.4 Å². The first-order valence-corrected chi connectivity index (χ1v) is 9.86. The largest absolute Gasteiger partial charge is 0.416 e. The van der Waals surface area contributed by atoms with Crippen LogP contribution in [0.3, 0.4) is 0 Å². The van der Waals surface area contributed by atoms with Gasteiger partial charge in [0.2, 0.25) is 11.8 Å². The monoisotopic (exact) mass is 459 g/mol. The van der Waals surface area contributed by atoms with E-state index in [0.29, 0.717) is 5.56 Å². The molecule has 2 aromatic rings. The topological polar surface area (TPSA) is 113 Å². The average Bonchev–Trinajstić information content (AvgIpc) is 3.01. The Morgan fingerprint density at radius 2 is 1.67 bits per heavy atom. The lowest BCUT2D eigenvalue weighted by atomic mass is 10.0. The van der Waals surface area contributed by atoms with Crippen LogP contribution in [0.25, 0.3) is 0 Å². The van der Waals surface area contributed by atoms with E-state index in [0.717, 1.165) is 29.2 Å². The first-order chi connectivity index (χ1) is 15.6. The zero-order valence-corrected chi connectivity index (χ0v) is 16.9. The first kappa shape index (κ1) is 22.2. The van der Waals surface area contributed by atoms with Gasteiger partial charge in [-0.25, -0.2) is 0 Å². The van der Waals surface area contributed by atoms with Gasteiger partial charge in [0.1, 0.15) is 6.04 Å². The normalized spacial score (nSPS) is 18.3. The number of carbonyl (C=O) groups is 5. The molecule has 0 radical (unpaired) electrons. The molecule has 2 heterocycles. The van der Waals surface area contributed by atoms with Crippen molar-refractivity contribution >= 4 is 29.5 Å². The minimum Gasteiger partial charge on any atom is -0.348 e. The fourth-order valence-electron chi connectivity index (χ4n) is 3.72. The van der Waals surface area contributed by atoms with Crippen molar-refractivity contribution in [3.8, 4) is 0 Å². The van der Waals surface area contributed by atoms with Gasteiger partial charge in [-0.15, -0.1) is 0 Å². The van der Waals surface area contributed by atoms with Crippen molar-refractivity contribution in [2.45, 2.75) is 31.6 Å². The maximum Gasteiger partial charge on any atom is 0.416 e. The molecule has 2 aliphatic rings. The number of imide groups is 2. The summed E-state index contributed by atoms with van der Waals surface area (Å²) in [6, 6.07) is 6.97. The summed E-state index contributed by atoms with van der Waals surface area (Å²) in [5.41, 5.74) is -0.213. The highest BCUT2D eigenvalue weighted by Gasteiger charge is 2.44. The van der Waals surface area contributed by atoms with Gasteiger partial charge in [0, 0.05) is 18.5 Å². The molecular weight excluding hydrogens is 443 g/mol. The summed E-state index contributed by atoms with van der Waals surface area (Å²) in [6.45, 7) is -0.0486. The van der Waals surface area contributed by atoms with Crippen LogP contribution in [0.1, 0.15) is 55.0 Å². The zero-order valence-electron chi connectivity index (χ0n) is 16.9. The van der Waals surface area contributed by atoms with Crippen LogP contribution < -0.4 is 10.6 Å². The van der Waals surface area contributed by atoms with Crippen LogP contribution in [0.4, 0.5) is 13.2 Å². The predicted octanol–water partition coefficient (Wildman–Crippen LogP) is 2.04. The summed E-state index contributed by atoms with van der Waals surface area (Å²) in [7, 11) is 0. The van der Waals surface area contributed by atoms with Crippen LogP contribution in [0.2, 0.25) is 0 Å². The minimum atomic E-state index is -4.51. The molecule has 2 N–H and O–H groups in total. The van der Waals surface area contributed by atoms with Gasteiger partial charge in [0.25, 0.3) is 17.7 Å². The van der Waals surface area contributed by atoms with Gasteiger partial charge >= 0.3 is 6.18 Å². The number of hydrogen-bond donors (Lipinski definition) is 2. The molecule has 5 amide bonds. The summed E-state index contributed by atoms with van der Waals surface area (Å²) >= 11 is 0. The van der Waals surface area contributed by atoms with E-state index in [1.54, 1.807) is 0 Å². The lowest BCUT2D eigenvalue weighted by Gasteiger charge is -2.27. The van der Waals surface area contributed by atoms with E-state index in [1.807, 2.05) is 0 Å². The Labute approximate surface area is 184 Å². The molecule has 1 atom stereocenters. The predicted molar refractivity (Wildman–Crippen MR) is 106 cm³/mol. The molecular formula is C22H16F3N3O5. The lowest BCUT2D eigenvalue weighted by Crippen LogP contribution is -2.54. The van der Waals surface area contributed by atoms with E-state index in [9.17, 15) is 37.1 Å². The lowest BCUT2D eigenvalue weighted by molar-refractivity contribution is -0.138. The summed E-state index contributed by atoms with van der Waals surface area (Å²) < 4.78 is 38.0. The molecule has 2 aromatic carbocycles. The highest BCUT2D eigenvalue weighted by Crippen LogP contribution is 2.30. The number of carbonyl (C=O) groups excluding carboxylic acids is 5. The summed E-state index contributed by atoms with van der Waals surface area (Å²) in [5, 5.41) is 4.66. The third-order valence-electron chi connectivity index (χ3n) is 5.43. The number of amides is 5. The van der Waals surface area contributed by atoms with E-state index in [2.05, 4.69) is 10.6 Å². The Kier molecular flexibility index (Phi) is 5.48. The van der Waals surface area contributed by atoms with Gasteiger partial charge in [-0.2, -0.15) is 13.2 Å². The van der Waals surface area contributed by atoms with E-state index >= 15 is 0 Å². The Bertz CT molecular complexity index is 1190. The maximum absolute atomic E-state index is 12.8. The fraction of sp³-hybridized carbons (Fsp3) is 0.227. The van der Waals surface area contributed by atoms with Crippen LogP contribution in [0, 0.1) is 0 Å². The number of fused-ring (bicyclic) bond motifs is 1. The molecule has 2 aliphatic heterocycles. The SMILES string of the molecule is O=C1CCC(N2C(=O)c3ccc(CNC(=O)c4ccc(C(F)(F)F)cc4)cc3C2=O)C(=O)N1. The average molecular weight is 459 g/mol. The molecule has 0 spiro atoms. The van der Waals surface area contributed by atoms with Crippen molar-refractivity contribution in [3.05, 3.63) is 70.3 Å². The molecule has 1 saturated heterocycles. The first-order valence-electron chi connectivity index (χ1n) is 9.86. The van der Waals surface area contributed by atoms with Gasteiger partial charge in [0.05, 0.1) is 16.7 Å². The number of nitrogens with zero attached hydrogens (tertiary/aromatic N) is 1. The van der Waals surface area contributed by atoms with Gasteiger partial charge < -0.3 is 5.32 Å².